The predicted octanol–water partition coefficient (Wildman–Crippen LogP) is 9.12. The first-order valence-corrected chi connectivity index (χ1v) is 13.3. The third-order valence-electron chi connectivity index (χ3n) is 6.50. The van der Waals surface area contributed by atoms with E-state index in [1.165, 1.54) is 77.2 Å². The lowest BCUT2D eigenvalue weighted by molar-refractivity contribution is 0.415. The van der Waals surface area contributed by atoms with Crippen LogP contribution < -0.4 is 9.47 Å². The summed E-state index contributed by atoms with van der Waals surface area (Å²) in [5, 5.41) is 5.64. The molecule has 0 atom stereocenters. The van der Waals surface area contributed by atoms with Crippen molar-refractivity contribution < 1.29 is 9.47 Å². The molecule has 4 heteroatoms. The number of thiophene rings is 2. The van der Waals surface area contributed by atoms with Crippen LogP contribution in [0.5, 0.6) is 11.5 Å². The molecule has 0 bridgehead atoms. The first kappa shape index (κ1) is 21.5. The van der Waals surface area contributed by atoms with Crippen molar-refractivity contribution in [3.63, 3.8) is 0 Å². The summed E-state index contributed by atoms with van der Waals surface area (Å²) in [6.45, 7) is 4.57. The molecule has 0 saturated heterocycles. The van der Waals surface area contributed by atoms with E-state index in [2.05, 4.69) is 50.2 Å². The molecule has 0 aliphatic heterocycles. The third-order valence-corrected chi connectivity index (χ3v) is 8.96. The Morgan fingerprint density at radius 2 is 1.09 bits per heavy atom. The van der Waals surface area contributed by atoms with Crippen molar-refractivity contribution in [3.05, 3.63) is 47.5 Å². The van der Waals surface area contributed by atoms with E-state index in [4.69, 9.17) is 9.47 Å². The first-order chi connectivity index (χ1) is 15.7. The summed E-state index contributed by atoms with van der Waals surface area (Å²) in [6.07, 6.45) is 7.04. The van der Waals surface area contributed by atoms with E-state index in [1.807, 2.05) is 22.7 Å². The van der Waals surface area contributed by atoms with E-state index in [1.54, 1.807) is 14.2 Å². The SMILES string of the molecule is CCCCc1c2sc3ccc(OC)cc3c2c(CCCC)c2sc3ccc(OC)cc3c12. The fourth-order valence-electron chi connectivity index (χ4n) is 4.84. The van der Waals surface area contributed by atoms with Crippen molar-refractivity contribution in [2.24, 2.45) is 0 Å². The Bertz CT molecular complexity index is 1310. The van der Waals surface area contributed by atoms with E-state index >= 15 is 0 Å². The van der Waals surface area contributed by atoms with E-state index < -0.39 is 0 Å². The molecule has 166 valence electrons. The molecule has 0 saturated carbocycles. The Kier molecular flexibility index (Phi) is 6.00. The van der Waals surface area contributed by atoms with Gasteiger partial charge in [0.2, 0.25) is 0 Å². The van der Waals surface area contributed by atoms with Crippen LogP contribution in [0.25, 0.3) is 40.3 Å². The molecule has 5 rings (SSSR count). The fraction of sp³-hybridized carbons (Fsp3) is 0.357. The average molecular weight is 463 g/mol. The summed E-state index contributed by atoms with van der Waals surface area (Å²) in [5.74, 6) is 1.88. The highest BCUT2D eigenvalue weighted by molar-refractivity contribution is 7.28. The van der Waals surface area contributed by atoms with Crippen LogP contribution in [-0.2, 0) is 12.8 Å². The second-order valence-corrected chi connectivity index (χ2v) is 10.6. The average Bonchev–Trinajstić information content (AvgIpc) is 3.39. The summed E-state index contributed by atoms with van der Waals surface area (Å²) in [6, 6.07) is 13.2. The van der Waals surface area contributed by atoms with Gasteiger partial charge in [0.15, 0.2) is 0 Å². The molecule has 5 aromatic rings. The number of fused-ring (bicyclic) bond motifs is 6. The number of methoxy groups -OCH3 is 2. The number of aryl methyl sites for hydroxylation is 2. The quantitative estimate of drug-likeness (QED) is 0.229. The molecule has 0 unspecified atom stereocenters. The smallest absolute Gasteiger partial charge is 0.119 e. The summed E-state index contributed by atoms with van der Waals surface area (Å²) in [5.41, 5.74) is 3.05. The molecule has 32 heavy (non-hydrogen) atoms. The largest absolute Gasteiger partial charge is 0.497 e. The molecule has 3 aromatic carbocycles. The lowest BCUT2D eigenvalue weighted by Gasteiger charge is -2.12. The second-order valence-electron chi connectivity index (χ2n) is 8.50. The fourth-order valence-corrected chi connectivity index (χ4v) is 7.42. The van der Waals surface area contributed by atoms with Crippen LogP contribution >= 0.6 is 22.7 Å². The molecule has 0 radical (unpaired) electrons. The van der Waals surface area contributed by atoms with E-state index in [9.17, 15) is 0 Å². The molecular formula is C28H30O2S2. The zero-order valence-corrected chi connectivity index (χ0v) is 21.0. The molecule has 0 N–H and O–H groups in total. The Morgan fingerprint density at radius 3 is 1.47 bits per heavy atom. The zero-order valence-electron chi connectivity index (χ0n) is 19.3. The van der Waals surface area contributed by atoms with Gasteiger partial charge < -0.3 is 9.47 Å². The van der Waals surface area contributed by atoms with Gasteiger partial charge in [-0.3, -0.25) is 0 Å². The van der Waals surface area contributed by atoms with Crippen molar-refractivity contribution in [3.8, 4) is 11.5 Å². The van der Waals surface area contributed by atoms with Crippen molar-refractivity contribution in [1.82, 2.24) is 0 Å². The normalized spacial score (nSPS) is 11.9. The zero-order chi connectivity index (χ0) is 22.2. The maximum Gasteiger partial charge on any atom is 0.119 e. The molecular weight excluding hydrogens is 432 g/mol. The van der Waals surface area contributed by atoms with Gasteiger partial charge in [-0.1, -0.05) is 26.7 Å². The van der Waals surface area contributed by atoms with Crippen molar-refractivity contribution >= 4 is 63.0 Å². The molecule has 0 spiro atoms. The second kappa shape index (κ2) is 8.92. The Morgan fingerprint density at radius 1 is 0.656 bits per heavy atom. The minimum atomic E-state index is 0.940. The lowest BCUT2D eigenvalue weighted by Crippen LogP contribution is -1.93. The minimum Gasteiger partial charge on any atom is -0.497 e. The van der Waals surface area contributed by atoms with Gasteiger partial charge in [-0.25, -0.2) is 0 Å². The van der Waals surface area contributed by atoms with Gasteiger partial charge in [0.25, 0.3) is 0 Å². The van der Waals surface area contributed by atoms with E-state index in [-0.39, 0.29) is 0 Å². The van der Waals surface area contributed by atoms with Gasteiger partial charge in [-0.2, -0.15) is 0 Å². The highest BCUT2D eigenvalue weighted by Gasteiger charge is 2.22. The van der Waals surface area contributed by atoms with Gasteiger partial charge in [-0.05, 0) is 73.2 Å². The monoisotopic (exact) mass is 462 g/mol. The molecule has 2 aromatic heterocycles. The Hall–Kier alpha value is -2.30. The first-order valence-electron chi connectivity index (χ1n) is 11.6. The summed E-state index contributed by atoms with van der Waals surface area (Å²) in [7, 11) is 3.52. The van der Waals surface area contributed by atoms with Gasteiger partial charge in [0.1, 0.15) is 11.5 Å². The highest BCUT2D eigenvalue weighted by atomic mass is 32.1. The maximum absolute atomic E-state index is 5.61. The lowest BCUT2D eigenvalue weighted by atomic mass is 9.93. The van der Waals surface area contributed by atoms with Crippen molar-refractivity contribution in [2.45, 2.75) is 52.4 Å². The molecule has 2 heterocycles. The Labute approximate surface area is 197 Å². The molecule has 0 aliphatic rings. The third kappa shape index (κ3) is 3.45. The van der Waals surface area contributed by atoms with E-state index in [0.29, 0.717) is 0 Å². The van der Waals surface area contributed by atoms with Gasteiger partial charge in [0.05, 0.1) is 14.2 Å². The summed E-state index contributed by atoms with van der Waals surface area (Å²) < 4.78 is 16.9. The van der Waals surface area contributed by atoms with Crippen molar-refractivity contribution in [2.75, 3.05) is 14.2 Å². The van der Waals surface area contributed by atoms with Crippen LogP contribution in [0.4, 0.5) is 0 Å². The van der Waals surface area contributed by atoms with Crippen LogP contribution in [0.2, 0.25) is 0 Å². The number of benzene rings is 3. The van der Waals surface area contributed by atoms with Gasteiger partial charge >= 0.3 is 0 Å². The molecule has 0 fully saturated rings. The van der Waals surface area contributed by atoms with Crippen LogP contribution in [-0.4, -0.2) is 14.2 Å². The number of ether oxygens (including phenoxy) is 2. The highest BCUT2D eigenvalue weighted by Crippen LogP contribution is 2.49. The number of rotatable bonds is 8. The number of unbranched alkanes of at least 4 members (excludes halogenated alkanes) is 2. The van der Waals surface area contributed by atoms with Gasteiger partial charge in [-0.15, -0.1) is 22.7 Å². The van der Waals surface area contributed by atoms with Gasteiger partial charge in [0, 0.05) is 40.3 Å². The van der Waals surface area contributed by atoms with Crippen LogP contribution in [0.3, 0.4) is 0 Å². The maximum atomic E-state index is 5.61. The number of hydrogen-bond acceptors (Lipinski definition) is 4. The van der Waals surface area contributed by atoms with Crippen LogP contribution in [0.15, 0.2) is 36.4 Å². The minimum absolute atomic E-state index is 0.940. The Balaban J connectivity index is 1.97. The van der Waals surface area contributed by atoms with Crippen LogP contribution in [0.1, 0.15) is 50.7 Å². The topological polar surface area (TPSA) is 18.5 Å². The summed E-state index contributed by atoms with van der Waals surface area (Å²) >= 11 is 3.92. The van der Waals surface area contributed by atoms with E-state index in [0.717, 1.165) is 24.3 Å². The predicted molar refractivity (Wildman–Crippen MR) is 143 cm³/mol. The molecule has 0 aliphatic carbocycles. The van der Waals surface area contributed by atoms with Crippen molar-refractivity contribution in [1.29, 1.82) is 0 Å². The molecule has 2 nitrogen and oxygen atoms in total. The number of hydrogen-bond donors (Lipinski definition) is 0. The summed E-state index contributed by atoms with van der Waals surface area (Å²) in [4.78, 5) is 0. The standard InChI is InChI=1S/C28H30O2S2/c1-5-7-9-19-25-21-15-17(29-3)11-13-23(21)32-28(25)20(10-8-6-2)26-22-16-18(30-4)12-14-24(22)31-27(19)26/h11-16H,5-10H2,1-4H3. The van der Waals surface area contributed by atoms with Crippen LogP contribution in [0, 0.1) is 0 Å². The molecule has 0 amide bonds.